The Bertz CT molecular complexity index is 263. The van der Waals surface area contributed by atoms with Gasteiger partial charge in [0.2, 0.25) is 0 Å². The maximum atomic E-state index is 5.41. The first-order chi connectivity index (χ1) is 6.90. The minimum atomic E-state index is 0.397. The molecule has 0 aliphatic heterocycles. The quantitative estimate of drug-likeness (QED) is 0.826. The first-order valence-corrected chi connectivity index (χ1v) is 5.97. The fourth-order valence-electron chi connectivity index (χ4n) is 2.00. The van der Waals surface area contributed by atoms with Gasteiger partial charge in [-0.25, -0.2) is 4.98 Å². The first-order valence-electron chi connectivity index (χ1n) is 5.03. The molecule has 4 heteroatoms. The topological polar surface area (TPSA) is 34.1 Å². The Kier molecular flexibility index (Phi) is 3.50. The van der Waals surface area contributed by atoms with Crippen LogP contribution in [0.2, 0.25) is 0 Å². The molecule has 14 heavy (non-hydrogen) atoms. The maximum absolute atomic E-state index is 5.41. The lowest BCUT2D eigenvalue weighted by molar-refractivity contribution is 0.0846. The predicted octanol–water partition coefficient (Wildman–Crippen LogP) is 1.80. The monoisotopic (exact) mass is 212 g/mol. The molecule has 1 N–H and O–H groups in total. The van der Waals surface area contributed by atoms with Gasteiger partial charge in [-0.05, 0) is 19.3 Å². The number of nitrogens with zero attached hydrogens (tertiary/aromatic N) is 1. The van der Waals surface area contributed by atoms with Crippen molar-refractivity contribution in [1.29, 1.82) is 0 Å². The average molecular weight is 212 g/mol. The Morgan fingerprint density at radius 1 is 1.64 bits per heavy atom. The van der Waals surface area contributed by atoms with Gasteiger partial charge in [-0.3, -0.25) is 0 Å². The lowest BCUT2D eigenvalue weighted by atomic mass is 10.2. The molecular formula is C10H16N2OS. The van der Waals surface area contributed by atoms with Crippen LogP contribution in [0, 0.1) is 0 Å². The maximum Gasteiger partial charge on any atom is 0.0795 e. The van der Waals surface area contributed by atoms with Crippen LogP contribution in [0.15, 0.2) is 10.9 Å². The number of hydrogen-bond donors (Lipinski definition) is 1. The number of nitrogens with one attached hydrogen (secondary N) is 1. The van der Waals surface area contributed by atoms with Crippen LogP contribution in [0.3, 0.4) is 0 Å². The van der Waals surface area contributed by atoms with Crippen molar-refractivity contribution in [3.05, 3.63) is 16.6 Å². The number of ether oxygens (including phenoxy) is 1. The van der Waals surface area contributed by atoms with E-state index in [9.17, 15) is 0 Å². The summed E-state index contributed by atoms with van der Waals surface area (Å²) in [6.07, 6.45) is 4.08. The summed E-state index contributed by atoms with van der Waals surface area (Å²) in [5.41, 5.74) is 3.01. The number of aromatic nitrogens is 1. The Labute approximate surface area is 88.5 Å². The lowest BCUT2D eigenvalue weighted by Crippen LogP contribution is -2.36. The Morgan fingerprint density at radius 2 is 2.57 bits per heavy atom. The molecule has 0 aromatic carbocycles. The Morgan fingerprint density at radius 3 is 3.29 bits per heavy atom. The number of thiazole rings is 1. The van der Waals surface area contributed by atoms with Gasteiger partial charge < -0.3 is 10.1 Å². The molecule has 1 heterocycles. The lowest BCUT2D eigenvalue weighted by Gasteiger charge is -2.18. The van der Waals surface area contributed by atoms with Crippen molar-refractivity contribution >= 4 is 11.3 Å². The van der Waals surface area contributed by atoms with Crippen molar-refractivity contribution in [2.45, 2.75) is 38.0 Å². The third kappa shape index (κ3) is 2.32. The van der Waals surface area contributed by atoms with Gasteiger partial charge in [-0.15, -0.1) is 11.3 Å². The van der Waals surface area contributed by atoms with Crippen LogP contribution < -0.4 is 5.32 Å². The zero-order chi connectivity index (χ0) is 9.80. The normalized spacial score (nSPS) is 26.9. The second-order valence-corrected chi connectivity index (χ2v) is 4.39. The van der Waals surface area contributed by atoms with E-state index in [1.54, 1.807) is 18.4 Å². The van der Waals surface area contributed by atoms with E-state index in [1.165, 1.54) is 19.3 Å². The Hall–Kier alpha value is -0.450. The summed E-state index contributed by atoms with van der Waals surface area (Å²) >= 11 is 1.65. The molecule has 2 atom stereocenters. The Balaban J connectivity index is 1.80. The smallest absolute Gasteiger partial charge is 0.0795 e. The van der Waals surface area contributed by atoms with E-state index in [1.807, 2.05) is 5.51 Å². The minimum Gasteiger partial charge on any atom is -0.380 e. The molecule has 3 nitrogen and oxygen atoms in total. The molecule has 2 unspecified atom stereocenters. The zero-order valence-electron chi connectivity index (χ0n) is 8.40. The fraction of sp³-hybridized carbons (Fsp3) is 0.700. The van der Waals surface area contributed by atoms with Crippen molar-refractivity contribution < 1.29 is 4.74 Å². The molecule has 0 bridgehead atoms. The van der Waals surface area contributed by atoms with Gasteiger partial charge in [0.1, 0.15) is 0 Å². The molecule has 2 rings (SSSR count). The van der Waals surface area contributed by atoms with E-state index < -0.39 is 0 Å². The van der Waals surface area contributed by atoms with Gasteiger partial charge in [-0.2, -0.15) is 0 Å². The summed E-state index contributed by atoms with van der Waals surface area (Å²) in [5, 5.41) is 5.59. The molecule has 0 radical (unpaired) electrons. The molecule has 78 valence electrons. The predicted molar refractivity (Wildman–Crippen MR) is 57.4 cm³/mol. The highest BCUT2D eigenvalue weighted by atomic mass is 32.1. The summed E-state index contributed by atoms with van der Waals surface area (Å²) < 4.78 is 5.41. The third-order valence-electron chi connectivity index (χ3n) is 2.78. The second-order valence-electron chi connectivity index (χ2n) is 3.67. The van der Waals surface area contributed by atoms with E-state index in [-0.39, 0.29) is 0 Å². The van der Waals surface area contributed by atoms with E-state index in [0.717, 1.165) is 12.2 Å². The van der Waals surface area contributed by atoms with Crippen molar-refractivity contribution in [2.24, 2.45) is 0 Å². The van der Waals surface area contributed by atoms with Gasteiger partial charge in [0.25, 0.3) is 0 Å². The largest absolute Gasteiger partial charge is 0.380 e. The van der Waals surface area contributed by atoms with Crippen LogP contribution in [0.5, 0.6) is 0 Å². The number of rotatable bonds is 4. The minimum absolute atomic E-state index is 0.397. The van der Waals surface area contributed by atoms with E-state index in [4.69, 9.17) is 4.74 Å². The molecule has 1 aliphatic rings. The highest BCUT2D eigenvalue weighted by Crippen LogP contribution is 2.21. The third-order valence-corrected chi connectivity index (χ3v) is 3.42. The average Bonchev–Trinajstić information content (AvgIpc) is 2.85. The van der Waals surface area contributed by atoms with Gasteiger partial charge in [-0.1, -0.05) is 0 Å². The van der Waals surface area contributed by atoms with E-state index >= 15 is 0 Å². The van der Waals surface area contributed by atoms with Crippen molar-refractivity contribution in [2.75, 3.05) is 7.11 Å². The van der Waals surface area contributed by atoms with Gasteiger partial charge in [0.05, 0.1) is 17.3 Å². The molecule has 1 aliphatic carbocycles. The number of methoxy groups -OCH3 is 1. The van der Waals surface area contributed by atoms with Crippen LogP contribution in [-0.4, -0.2) is 24.2 Å². The van der Waals surface area contributed by atoms with E-state index in [0.29, 0.717) is 12.1 Å². The number of hydrogen-bond acceptors (Lipinski definition) is 4. The molecular weight excluding hydrogens is 196 g/mol. The summed E-state index contributed by atoms with van der Waals surface area (Å²) in [6.45, 7) is 0.869. The van der Waals surface area contributed by atoms with Crippen LogP contribution in [-0.2, 0) is 11.3 Å². The summed E-state index contributed by atoms with van der Waals surface area (Å²) in [7, 11) is 1.80. The molecule has 0 spiro atoms. The SMILES string of the molecule is COC1CCCC1NCc1cscn1. The van der Waals surface area contributed by atoms with Crippen LogP contribution in [0.25, 0.3) is 0 Å². The molecule has 1 aromatic rings. The van der Waals surface area contributed by atoms with Crippen LogP contribution >= 0.6 is 11.3 Å². The molecule has 0 amide bonds. The van der Waals surface area contributed by atoms with Crippen LogP contribution in [0.1, 0.15) is 25.0 Å². The van der Waals surface area contributed by atoms with Crippen LogP contribution in [0.4, 0.5) is 0 Å². The zero-order valence-corrected chi connectivity index (χ0v) is 9.22. The van der Waals surface area contributed by atoms with Gasteiger partial charge >= 0.3 is 0 Å². The fourth-order valence-corrected chi connectivity index (χ4v) is 2.56. The highest BCUT2D eigenvalue weighted by molar-refractivity contribution is 7.07. The summed E-state index contributed by atoms with van der Waals surface area (Å²) in [6, 6.07) is 0.515. The van der Waals surface area contributed by atoms with Crippen molar-refractivity contribution in [1.82, 2.24) is 10.3 Å². The van der Waals surface area contributed by atoms with Crippen molar-refractivity contribution in [3.63, 3.8) is 0 Å². The molecule has 1 aromatic heterocycles. The molecule has 1 fully saturated rings. The standard InChI is InChI=1S/C10H16N2OS/c1-13-10-4-2-3-9(10)11-5-8-6-14-7-12-8/h6-7,9-11H,2-5H2,1H3. The van der Waals surface area contributed by atoms with Gasteiger partial charge in [0.15, 0.2) is 0 Å². The van der Waals surface area contributed by atoms with Gasteiger partial charge in [0, 0.05) is 25.1 Å². The highest BCUT2D eigenvalue weighted by Gasteiger charge is 2.26. The van der Waals surface area contributed by atoms with Crippen molar-refractivity contribution in [3.8, 4) is 0 Å². The first kappa shape index (κ1) is 10.1. The molecule has 0 saturated heterocycles. The second kappa shape index (κ2) is 4.87. The van der Waals surface area contributed by atoms with E-state index in [2.05, 4.69) is 15.7 Å². The molecule has 1 saturated carbocycles. The summed E-state index contributed by atoms with van der Waals surface area (Å²) in [4.78, 5) is 4.24. The summed E-state index contributed by atoms with van der Waals surface area (Å²) in [5.74, 6) is 0.